The summed E-state index contributed by atoms with van der Waals surface area (Å²) in [7, 11) is 5.74. The first-order valence-electron chi connectivity index (χ1n) is 4.05. The van der Waals surface area contributed by atoms with Crippen LogP contribution in [-0.4, -0.2) is 7.85 Å². The van der Waals surface area contributed by atoms with Crippen molar-refractivity contribution in [3.05, 3.63) is 36.5 Å². The van der Waals surface area contributed by atoms with E-state index in [2.05, 4.69) is 12.7 Å². The summed E-state index contributed by atoms with van der Waals surface area (Å²) < 4.78 is 0. The summed E-state index contributed by atoms with van der Waals surface area (Å²) >= 11 is 0. The average molecular weight is 144 g/mol. The van der Waals surface area contributed by atoms with Gasteiger partial charge in [0, 0.05) is 0 Å². The van der Waals surface area contributed by atoms with Crippen molar-refractivity contribution >= 4 is 7.85 Å². The molecule has 0 bridgehead atoms. The average Bonchev–Trinajstić information content (AvgIpc) is 2.37. The summed E-state index contributed by atoms with van der Waals surface area (Å²) in [6.45, 7) is 3.60. The zero-order valence-corrected chi connectivity index (χ0v) is 6.79. The highest BCUT2D eigenvalue weighted by atomic mass is 14.1. The Morgan fingerprint density at radius 1 is 1.45 bits per heavy atom. The molecule has 1 aliphatic carbocycles. The van der Waals surface area contributed by atoms with Gasteiger partial charge in [0.05, 0.1) is 7.85 Å². The van der Waals surface area contributed by atoms with Crippen molar-refractivity contribution in [3.8, 4) is 0 Å². The molecular weight excluding hydrogens is 131 g/mol. The topological polar surface area (TPSA) is 0 Å². The second-order valence-electron chi connectivity index (χ2n) is 2.95. The first kappa shape index (κ1) is 8.38. The van der Waals surface area contributed by atoms with Gasteiger partial charge in [0.2, 0.25) is 0 Å². The molecule has 1 unspecified atom stereocenters. The zero-order valence-electron chi connectivity index (χ0n) is 6.79. The van der Waals surface area contributed by atoms with Crippen LogP contribution in [0.15, 0.2) is 36.5 Å². The highest BCUT2D eigenvalue weighted by Crippen LogP contribution is 2.31. The highest BCUT2D eigenvalue weighted by molar-refractivity contribution is 6.12. The Hall–Kier alpha value is -0.715. The normalized spacial score (nSPS) is 28.4. The SMILES string of the molecule is [B]C1CC/C(=C/C=C\C=C)C1. The van der Waals surface area contributed by atoms with Crippen LogP contribution >= 0.6 is 0 Å². The van der Waals surface area contributed by atoms with Gasteiger partial charge >= 0.3 is 0 Å². The maximum absolute atomic E-state index is 5.74. The Bertz CT molecular complexity index is 189. The summed E-state index contributed by atoms with van der Waals surface area (Å²) in [5.74, 6) is 0.401. The molecule has 1 atom stereocenters. The van der Waals surface area contributed by atoms with E-state index in [1.165, 1.54) is 12.0 Å². The molecule has 0 aromatic rings. The van der Waals surface area contributed by atoms with Crippen molar-refractivity contribution in [1.29, 1.82) is 0 Å². The molecule has 1 heteroatoms. The van der Waals surface area contributed by atoms with Gasteiger partial charge in [-0.3, -0.25) is 0 Å². The Labute approximate surface area is 70.1 Å². The molecule has 1 aliphatic rings. The lowest BCUT2D eigenvalue weighted by Crippen LogP contribution is -1.79. The second-order valence-corrected chi connectivity index (χ2v) is 2.95. The Morgan fingerprint density at radius 2 is 2.27 bits per heavy atom. The Balaban J connectivity index is 2.41. The molecule has 0 N–H and O–H groups in total. The van der Waals surface area contributed by atoms with E-state index in [-0.39, 0.29) is 0 Å². The van der Waals surface area contributed by atoms with E-state index in [0.717, 1.165) is 12.8 Å². The van der Waals surface area contributed by atoms with Gasteiger partial charge in [-0.15, -0.1) is 0 Å². The minimum Gasteiger partial charge on any atom is -0.0991 e. The first-order chi connectivity index (χ1) is 5.33. The van der Waals surface area contributed by atoms with Crippen LogP contribution in [0, 0.1) is 0 Å². The molecule has 0 amide bonds. The fraction of sp³-hybridized carbons (Fsp3) is 0.400. The van der Waals surface area contributed by atoms with Crippen LogP contribution in [-0.2, 0) is 0 Å². The quantitative estimate of drug-likeness (QED) is 0.412. The molecule has 0 nitrogen and oxygen atoms in total. The number of rotatable bonds is 2. The van der Waals surface area contributed by atoms with Gasteiger partial charge in [0.1, 0.15) is 0 Å². The van der Waals surface area contributed by atoms with E-state index >= 15 is 0 Å². The minimum atomic E-state index is 0.401. The molecule has 0 spiro atoms. The monoisotopic (exact) mass is 144 g/mol. The number of hydrogen-bond acceptors (Lipinski definition) is 0. The largest absolute Gasteiger partial charge is 0.0991 e. The molecule has 11 heavy (non-hydrogen) atoms. The molecule has 0 aliphatic heterocycles. The van der Waals surface area contributed by atoms with Crippen molar-refractivity contribution in [3.63, 3.8) is 0 Å². The van der Waals surface area contributed by atoms with Crippen LogP contribution < -0.4 is 0 Å². The molecule has 0 aromatic heterocycles. The smallest absolute Gasteiger partial charge is 0.0703 e. The van der Waals surface area contributed by atoms with Crippen molar-refractivity contribution in [2.75, 3.05) is 0 Å². The third kappa shape index (κ3) is 2.79. The van der Waals surface area contributed by atoms with E-state index in [4.69, 9.17) is 7.85 Å². The van der Waals surface area contributed by atoms with E-state index in [0.29, 0.717) is 5.82 Å². The Kier molecular flexibility index (Phi) is 3.22. The van der Waals surface area contributed by atoms with Gasteiger partial charge in [-0.25, -0.2) is 0 Å². The van der Waals surface area contributed by atoms with Gasteiger partial charge in [-0.05, 0) is 12.8 Å². The predicted molar refractivity (Wildman–Crippen MR) is 50.8 cm³/mol. The van der Waals surface area contributed by atoms with Gasteiger partial charge in [0.25, 0.3) is 0 Å². The van der Waals surface area contributed by atoms with Crippen LogP contribution in [0.1, 0.15) is 19.3 Å². The van der Waals surface area contributed by atoms with Crippen LogP contribution in [0.2, 0.25) is 5.82 Å². The molecule has 2 radical (unpaired) electrons. The molecule has 0 saturated heterocycles. The maximum atomic E-state index is 5.74. The fourth-order valence-corrected chi connectivity index (χ4v) is 1.33. The van der Waals surface area contributed by atoms with Crippen molar-refractivity contribution in [2.45, 2.75) is 25.1 Å². The predicted octanol–water partition coefficient (Wildman–Crippen LogP) is 2.80. The highest BCUT2D eigenvalue weighted by Gasteiger charge is 2.12. The van der Waals surface area contributed by atoms with E-state index in [1.807, 2.05) is 12.2 Å². The summed E-state index contributed by atoms with van der Waals surface area (Å²) in [4.78, 5) is 0. The van der Waals surface area contributed by atoms with Gasteiger partial charge < -0.3 is 0 Å². The summed E-state index contributed by atoms with van der Waals surface area (Å²) in [5.41, 5.74) is 1.47. The fourth-order valence-electron chi connectivity index (χ4n) is 1.33. The van der Waals surface area contributed by atoms with Crippen LogP contribution in [0.3, 0.4) is 0 Å². The summed E-state index contributed by atoms with van der Waals surface area (Å²) in [5, 5.41) is 0. The third-order valence-corrected chi connectivity index (χ3v) is 1.94. The van der Waals surface area contributed by atoms with E-state index in [1.54, 1.807) is 6.08 Å². The molecule has 1 fully saturated rings. The number of allylic oxidation sites excluding steroid dienone is 5. The van der Waals surface area contributed by atoms with Crippen molar-refractivity contribution in [2.24, 2.45) is 0 Å². The van der Waals surface area contributed by atoms with Crippen LogP contribution in [0.4, 0.5) is 0 Å². The van der Waals surface area contributed by atoms with Crippen molar-refractivity contribution < 1.29 is 0 Å². The van der Waals surface area contributed by atoms with Gasteiger partial charge in [-0.1, -0.05) is 48.7 Å². The molecular formula is C10H13B. The molecule has 1 rings (SSSR count). The molecule has 1 saturated carbocycles. The molecule has 0 heterocycles. The minimum absolute atomic E-state index is 0.401. The van der Waals surface area contributed by atoms with Crippen LogP contribution in [0.5, 0.6) is 0 Å². The second kappa shape index (κ2) is 4.22. The summed E-state index contributed by atoms with van der Waals surface area (Å²) in [6.07, 6.45) is 11.3. The zero-order chi connectivity index (χ0) is 8.10. The lowest BCUT2D eigenvalue weighted by molar-refractivity contribution is 0.880. The Morgan fingerprint density at radius 3 is 2.82 bits per heavy atom. The third-order valence-electron chi connectivity index (χ3n) is 1.94. The maximum Gasteiger partial charge on any atom is 0.0703 e. The van der Waals surface area contributed by atoms with Gasteiger partial charge in [0.15, 0.2) is 0 Å². The van der Waals surface area contributed by atoms with Gasteiger partial charge in [-0.2, -0.15) is 0 Å². The standard InChI is InChI=1S/C10H13B/c1-2-3-4-5-9-6-7-10(11)8-9/h2-5,10H,1,6-8H2/b4-3-,9-5-. The van der Waals surface area contributed by atoms with E-state index < -0.39 is 0 Å². The molecule has 0 aromatic carbocycles. The number of hydrogen-bond donors (Lipinski definition) is 0. The lowest BCUT2D eigenvalue weighted by atomic mass is 9.86. The van der Waals surface area contributed by atoms with Crippen molar-refractivity contribution in [1.82, 2.24) is 0 Å². The van der Waals surface area contributed by atoms with Crippen LogP contribution in [0.25, 0.3) is 0 Å². The molecule has 56 valence electrons. The first-order valence-corrected chi connectivity index (χ1v) is 4.05. The van der Waals surface area contributed by atoms with E-state index in [9.17, 15) is 0 Å². The lowest BCUT2D eigenvalue weighted by Gasteiger charge is -1.94. The summed E-state index contributed by atoms with van der Waals surface area (Å²) in [6, 6.07) is 0.